The first-order chi connectivity index (χ1) is 15.9. The Labute approximate surface area is 194 Å². The second-order valence-corrected chi connectivity index (χ2v) is 9.91. The molecule has 0 bridgehead atoms. The van der Waals surface area contributed by atoms with Crippen molar-refractivity contribution in [2.24, 2.45) is 10.9 Å². The topological polar surface area (TPSA) is 52.6 Å². The van der Waals surface area contributed by atoms with Gasteiger partial charge in [-0.15, -0.1) is 0 Å². The maximum absolute atomic E-state index is 5.28. The second-order valence-electron chi connectivity index (χ2n) is 9.09. The van der Waals surface area contributed by atoms with E-state index in [1.807, 2.05) is 12.3 Å². The molecule has 1 aromatic carbocycles. The van der Waals surface area contributed by atoms with Crippen LogP contribution in [0.1, 0.15) is 31.2 Å². The zero-order valence-corrected chi connectivity index (χ0v) is 19.1. The van der Waals surface area contributed by atoms with Crippen LogP contribution in [-0.4, -0.2) is 35.7 Å². The minimum absolute atomic E-state index is 0.411. The van der Waals surface area contributed by atoms with Crippen LogP contribution in [0.4, 0.5) is 17.1 Å². The first kappa shape index (κ1) is 20.1. The van der Waals surface area contributed by atoms with Crippen LogP contribution >= 0.6 is 11.9 Å². The van der Waals surface area contributed by atoms with Crippen LogP contribution < -0.4 is 14.9 Å². The molecule has 0 amide bonds. The van der Waals surface area contributed by atoms with E-state index < -0.39 is 0 Å². The van der Waals surface area contributed by atoms with E-state index in [-0.39, 0.29) is 0 Å². The molecule has 164 valence electrons. The molecule has 32 heavy (non-hydrogen) atoms. The third-order valence-corrected chi connectivity index (χ3v) is 7.89. The average molecular weight is 444 g/mol. The Morgan fingerprint density at radius 3 is 2.75 bits per heavy atom. The molecule has 2 aliphatic carbocycles. The molecule has 1 saturated heterocycles. The Hall–Kier alpha value is -2.57. The van der Waals surface area contributed by atoms with Crippen molar-refractivity contribution in [3.8, 4) is 11.3 Å². The van der Waals surface area contributed by atoms with Gasteiger partial charge in [0, 0.05) is 55.3 Å². The van der Waals surface area contributed by atoms with Gasteiger partial charge in [-0.25, -0.2) is 4.99 Å². The number of anilines is 2. The molecule has 2 N–H and O–H groups in total. The van der Waals surface area contributed by atoms with E-state index in [0.29, 0.717) is 12.0 Å². The molecule has 3 aliphatic heterocycles. The number of rotatable bonds is 4. The summed E-state index contributed by atoms with van der Waals surface area (Å²) in [7, 11) is 0. The van der Waals surface area contributed by atoms with Gasteiger partial charge in [0.2, 0.25) is 0 Å². The quantitative estimate of drug-likeness (QED) is 0.522. The van der Waals surface area contributed by atoms with E-state index >= 15 is 0 Å². The third kappa shape index (κ3) is 3.76. The summed E-state index contributed by atoms with van der Waals surface area (Å²) in [6.07, 6.45) is 8.11. The number of piperazine rings is 1. The van der Waals surface area contributed by atoms with Crippen LogP contribution in [0, 0.1) is 5.92 Å². The number of aromatic nitrogens is 1. The van der Waals surface area contributed by atoms with E-state index in [0.717, 1.165) is 43.1 Å². The van der Waals surface area contributed by atoms with Gasteiger partial charge < -0.3 is 14.9 Å². The Morgan fingerprint density at radius 1 is 1.03 bits per heavy atom. The van der Waals surface area contributed by atoms with E-state index in [1.54, 1.807) is 11.9 Å². The number of aliphatic imine (C=N–C) groups is 1. The van der Waals surface area contributed by atoms with Crippen LogP contribution in [0.3, 0.4) is 0 Å². The van der Waals surface area contributed by atoms with Crippen LogP contribution in [0.2, 0.25) is 0 Å². The van der Waals surface area contributed by atoms with Crippen molar-refractivity contribution in [2.75, 3.05) is 29.3 Å². The molecule has 6 rings (SSSR count). The molecule has 1 atom stereocenters. The van der Waals surface area contributed by atoms with Gasteiger partial charge in [0.15, 0.2) is 0 Å². The Bertz CT molecular complexity index is 1090. The van der Waals surface area contributed by atoms with Crippen LogP contribution in [0.15, 0.2) is 59.7 Å². The van der Waals surface area contributed by atoms with Crippen molar-refractivity contribution in [2.45, 2.75) is 38.1 Å². The average Bonchev–Trinajstić information content (AvgIpc) is 3.40. The number of nitrogens with zero attached hydrogens (tertiary/aromatic N) is 3. The predicted molar refractivity (Wildman–Crippen MR) is 135 cm³/mol. The molecule has 0 unspecified atom stereocenters. The maximum atomic E-state index is 5.28. The van der Waals surface area contributed by atoms with Gasteiger partial charge in [-0.05, 0) is 30.9 Å². The zero-order chi connectivity index (χ0) is 21.3. The number of nitrogens with one attached hydrogen (secondary N) is 2. The first-order valence-corrected chi connectivity index (χ1v) is 12.6. The molecule has 1 aromatic rings. The second kappa shape index (κ2) is 8.75. The fourth-order valence-corrected chi connectivity index (χ4v) is 6.33. The molecule has 6 heteroatoms. The minimum atomic E-state index is 0.411. The van der Waals surface area contributed by atoms with Crippen molar-refractivity contribution < 1.29 is 0 Å². The standard InChI is InChI=1S/C26H29N5S/c1-2-8-18(9-3-1)16-20-17-31(15-14-27-20)25-23-21(12-6-7-13-28-23)22-24(25)29-26(32-30-22)19-10-4-5-11-19/h1-3,6-9,12-13,19-20,27,30H,4-5,10-11,14-17H2/t20-/m0/s1. The highest BCUT2D eigenvalue weighted by Gasteiger charge is 2.34. The lowest BCUT2D eigenvalue weighted by Gasteiger charge is -2.36. The van der Waals surface area contributed by atoms with Gasteiger partial charge in [0.1, 0.15) is 5.69 Å². The normalized spacial score (nSPS) is 21.3. The van der Waals surface area contributed by atoms with Gasteiger partial charge in [0.05, 0.1) is 22.1 Å². The number of fused-ring (bicyclic) bond motifs is 3. The fourth-order valence-electron chi connectivity index (χ4n) is 5.38. The van der Waals surface area contributed by atoms with E-state index in [1.165, 1.54) is 47.5 Å². The van der Waals surface area contributed by atoms with Crippen molar-refractivity contribution >= 4 is 34.1 Å². The molecular formula is C26H29N5S. The van der Waals surface area contributed by atoms with Gasteiger partial charge in [0.25, 0.3) is 0 Å². The van der Waals surface area contributed by atoms with Gasteiger partial charge in [-0.2, -0.15) is 0 Å². The summed E-state index contributed by atoms with van der Waals surface area (Å²) >= 11 is 1.72. The summed E-state index contributed by atoms with van der Waals surface area (Å²) in [6.45, 7) is 2.90. The van der Waals surface area contributed by atoms with Gasteiger partial charge >= 0.3 is 0 Å². The maximum Gasteiger partial charge on any atom is 0.114 e. The molecular weight excluding hydrogens is 414 g/mol. The predicted octanol–water partition coefficient (Wildman–Crippen LogP) is 5.50. The van der Waals surface area contributed by atoms with E-state index in [9.17, 15) is 0 Å². The summed E-state index contributed by atoms with van der Waals surface area (Å²) in [6, 6.07) is 17.5. The Balaban J connectivity index is 1.38. The largest absolute Gasteiger partial charge is 0.365 e. The molecule has 5 nitrogen and oxygen atoms in total. The lowest BCUT2D eigenvalue weighted by atomic mass is 10.0. The highest BCUT2D eigenvalue weighted by molar-refractivity contribution is 8.15. The number of benzene rings is 1. The summed E-state index contributed by atoms with van der Waals surface area (Å²) in [5, 5.41) is 4.99. The monoisotopic (exact) mass is 443 g/mol. The highest BCUT2D eigenvalue weighted by atomic mass is 32.2. The molecule has 0 radical (unpaired) electrons. The first-order valence-electron chi connectivity index (χ1n) is 11.8. The molecule has 0 spiro atoms. The number of hydrogen-bond donors (Lipinski definition) is 2. The number of hydrogen-bond acceptors (Lipinski definition) is 6. The van der Waals surface area contributed by atoms with Crippen molar-refractivity contribution in [3.63, 3.8) is 0 Å². The lowest BCUT2D eigenvalue weighted by Crippen LogP contribution is -2.51. The minimum Gasteiger partial charge on any atom is -0.365 e. The van der Waals surface area contributed by atoms with Gasteiger partial charge in [-0.3, -0.25) is 4.98 Å². The SMILES string of the molecule is c1ccc(C[C@H]2CN(c3c4nccccc-4c4c3N=C(C3CCCC3)SN4)CCN2)cc1. The molecule has 1 saturated carbocycles. The molecule has 3 heterocycles. The van der Waals surface area contributed by atoms with Crippen molar-refractivity contribution in [3.05, 3.63) is 60.3 Å². The lowest BCUT2D eigenvalue weighted by molar-refractivity contribution is 0.455. The third-order valence-electron chi connectivity index (χ3n) is 6.95. The van der Waals surface area contributed by atoms with Crippen molar-refractivity contribution in [1.29, 1.82) is 0 Å². The summed E-state index contributed by atoms with van der Waals surface area (Å²) in [4.78, 5) is 12.7. The van der Waals surface area contributed by atoms with Crippen LogP contribution in [0.5, 0.6) is 0 Å². The van der Waals surface area contributed by atoms with Gasteiger partial charge in [-0.1, -0.05) is 55.3 Å². The molecule has 5 aliphatic rings. The molecule has 0 aromatic heterocycles. The van der Waals surface area contributed by atoms with Crippen molar-refractivity contribution in [1.82, 2.24) is 10.3 Å². The molecule has 2 fully saturated rings. The van der Waals surface area contributed by atoms with Crippen LogP contribution in [0.25, 0.3) is 11.3 Å². The smallest absolute Gasteiger partial charge is 0.114 e. The summed E-state index contributed by atoms with van der Waals surface area (Å²) < 4.78 is 3.66. The highest BCUT2D eigenvalue weighted by Crippen LogP contribution is 2.54. The van der Waals surface area contributed by atoms with Crippen LogP contribution in [-0.2, 0) is 6.42 Å². The van der Waals surface area contributed by atoms with E-state index in [2.05, 4.69) is 57.4 Å². The summed E-state index contributed by atoms with van der Waals surface area (Å²) in [5.41, 5.74) is 7.03. The van der Waals surface area contributed by atoms with E-state index in [4.69, 9.17) is 9.98 Å². The fraction of sp³-hybridized carbons (Fsp3) is 0.385. The Kier molecular flexibility index (Phi) is 5.49. The summed E-state index contributed by atoms with van der Waals surface area (Å²) in [5.74, 6) is 0.601. The zero-order valence-electron chi connectivity index (χ0n) is 18.3. The Morgan fingerprint density at radius 2 is 1.88 bits per heavy atom.